The van der Waals surface area contributed by atoms with E-state index in [-0.39, 0.29) is 17.4 Å². The number of piperidine rings is 1. The van der Waals surface area contributed by atoms with Gasteiger partial charge in [-0.1, -0.05) is 48.5 Å². The summed E-state index contributed by atoms with van der Waals surface area (Å²) in [5.41, 5.74) is -0.898. The van der Waals surface area contributed by atoms with Crippen LogP contribution in [0.1, 0.15) is 12.8 Å². The first-order valence-electron chi connectivity index (χ1n) is 11.1. The van der Waals surface area contributed by atoms with Crippen LogP contribution in [0.2, 0.25) is 0 Å². The highest BCUT2D eigenvalue weighted by Gasteiger charge is 2.50. The van der Waals surface area contributed by atoms with Crippen molar-refractivity contribution < 1.29 is 22.7 Å². The minimum atomic E-state index is -3.67. The highest BCUT2D eigenvalue weighted by atomic mass is 32.2. The number of rotatable bonds is 5. The summed E-state index contributed by atoms with van der Waals surface area (Å²) in [4.78, 5) is 14.8. The first-order chi connectivity index (χ1) is 16.0. The lowest BCUT2D eigenvalue weighted by atomic mass is 10.0. The van der Waals surface area contributed by atoms with Crippen LogP contribution in [0.3, 0.4) is 0 Å². The quantitative estimate of drug-likeness (QED) is 0.577. The molecule has 0 radical (unpaired) electrons. The van der Waals surface area contributed by atoms with Crippen molar-refractivity contribution in [1.82, 2.24) is 9.21 Å². The third kappa shape index (κ3) is 4.21. The van der Waals surface area contributed by atoms with Crippen LogP contribution in [-0.4, -0.2) is 62.1 Å². The number of carbonyl (C=O) groups is 1. The fraction of sp³-hybridized carbons (Fsp3) is 0.320. The van der Waals surface area contributed by atoms with Gasteiger partial charge in [0.1, 0.15) is 11.5 Å². The van der Waals surface area contributed by atoms with Crippen molar-refractivity contribution in [2.45, 2.75) is 23.5 Å². The van der Waals surface area contributed by atoms with Gasteiger partial charge in [-0.25, -0.2) is 8.42 Å². The molecule has 7 nitrogen and oxygen atoms in total. The topological polar surface area (TPSA) is 76.2 Å². The van der Waals surface area contributed by atoms with E-state index in [0.717, 1.165) is 10.8 Å². The lowest BCUT2D eigenvalue weighted by Gasteiger charge is -2.42. The molecule has 2 heterocycles. The van der Waals surface area contributed by atoms with Gasteiger partial charge in [0.05, 0.1) is 11.5 Å². The van der Waals surface area contributed by atoms with Crippen molar-refractivity contribution in [3.8, 4) is 5.75 Å². The maximum Gasteiger partial charge on any atom is 0.260 e. The smallest absolute Gasteiger partial charge is 0.260 e. The molecule has 5 rings (SSSR count). The van der Waals surface area contributed by atoms with E-state index in [1.54, 1.807) is 35.2 Å². The number of nitrogens with zero attached hydrogens (tertiary/aromatic N) is 2. The SMILES string of the molecule is O=C(COc1ccc2ccccc2c1)N1CCC2(CC1)OCCN2S(=O)(=O)c1ccccc1. The van der Waals surface area contributed by atoms with Gasteiger partial charge < -0.3 is 14.4 Å². The second-order valence-electron chi connectivity index (χ2n) is 8.36. The van der Waals surface area contributed by atoms with Gasteiger partial charge in [0.2, 0.25) is 10.0 Å². The molecular formula is C25H26N2O5S. The molecule has 0 N–H and O–H groups in total. The van der Waals surface area contributed by atoms with Crippen LogP contribution >= 0.6 is 0 Å². The van der Waals surface area contributed by atoms with Crippen LogP contribution in [0, 0.1) is 0 Å². The monoisotopic (exact) mass is 466 g/mol. The maximum atomic E-state index is 13.2. The molecule has 0 aromatic heterocycles. The minimum absolute atomic E-state index is 0.0573. The fourth-order valence-corrected chi connectivity index (χ4v) is 6.39. The fourth-order valence-electron chi connectivity index (χ4n) is 4.65. The van der Waals surface area contributed by atoms with E-state index >= 15 is 0 Å². The third-order valence-electron chi connectivity index (χ3n) is 6.43. The van der Waals surface area contributed by atoms with Crippen molar-refractivity contribution in [2.24, 2.45) is 0 Å². The molecule has 0 unspecified atom stereocenters. The van der Waals surface area contributed by atoms with E-state index in [2.05, 4.69) is 0 Å². The molecule has 172 valence electrons. The molecule has 1 spiro atoms. The summed E-state index contributed by atoms with van der Waals surface area (Å²) >= 11 is 0. The number of sulfonamides is 1. The Bertz CT molecular complexity index is 1250. The van der Waals surface area contributed by atoms with Gasteiger partial charge in [-0.2, -0.15) is 4.31 Å². The average Bonchev–Trinajstić information content (AvgIpc) is 3.27. The van der Waals surface area contributed by atoms with Gasteiger partial charge >= 0.3 is 0 Å². The van der Waals surface area contributed by atoms with E-state index in [9.17, 15) is 13.2 Å². The van der Waals surface area contributed by atoms with Crippen molar-refractivity contribution in [3.63, 3.8) is 0 Å². The normalized spacial score (nSPS) is 18.6. The number of hydrogen-bond acceptors (Lipinski definition) is 5. The van der Waals surface area contributed by atoms with Gasteiger partial charge in [0.25, 0.3) is 5.91 Å². The molecule has 8 heteroatoms. The number of fused-ring (bicyclic) bond motifs is 1. The summed E-state index contributed by atoms with van der Waals surface area (Å²) < 4.78 is 39.6. The van der Waals surface area contributed by atoms with E-state index < -0.39 is 15.7 Å². The zero-order chi connectivity index (χ0) is 22.9. The molecule has 33 heavy (non-hydrogen) atoms. The Kier molecular flexibility index (Phi) is 5.82. The number of likely N-dealkylation sites (tertiary alicyclic amines) is 1. The molecule has 0 bridgehead atoms. The zero-order valence-electron chi connectivity index (χ0n) is 18.2. The van der Waals surface area contributed by atoms with Crippen LogP contribution in [-0.2, 0) is 19.6 Å². The van der Waals surface area contributed by atoms with Crippen LogP contribution in [0.15, 0.2) is 77.7 Å². The molecular weight excluding hydrogens is 440 g/mol. The Hall–Kier alpha value is -2.94. The Labute approximate surface area is 193 Å². The lowest BCUT2D eigenvalue weighted by Crippen LogP contribution is -2.56. The van der Waals surface area contributed by atoms with Crippen LogP contribution in [0.4, 0.5) is 0 Å². The molecule has 0 saturated carbocycles. The van der Waals surface area contributed by atoms with E-state index in [1.807, 2.05) is 42.5 Å². The number of benzene rings is 3. The molecule has 2 aliphatic heterocycles. The number of carbonyl (C=O) groups excluding carboxylic acids is 1. The van der Waals surface area contributed by atoms with Crippen molar-refractivity contribution in [1.29, 1.82) is 0 Å². The average molecular weight is 467 g/mol. The summed E-state index contributed by atoms with van der Waals surface area (Å²) in [5.74, 6) is 0.531. The molecule has 2 aliphatic rings. The van der Waals surface area contributed by atoms with Crippen LogP contribution in [0.5, 0.6) is 5.75 Å². The largest absolute Gasteiger partial charge is 0.484 e. The first-order valence-corrected chi connectivity index (χ1v) is 12.5. The summed E-state index contributed by atoms with van der Waals surface area (Å²) in [6, 6.07) is 22.2. The second-order valence-corrected chi connectivity index (χ2v) is 10.2. The molecule has 0 aliphatic carbocycles. The molecule has 1 amide bonds. The third-order valence-corrected chi connectivity index (χ3v) is 8.39. The predicted molar refractivity (Wildman–Crippen MR) is 124 cm³/mol. The predicted octanol–water partition coefficient (Wildman–Crippen LogP) is 3.26. The van der Waals surface area contributed by atoms with Crippen LogP contribution in [0.25, 0.3) is 10.8 Å². The highest BCUT2D eigenvalue weighted by molar-refractivity contribution is 7.89. The molecule has 2 fully saturated rings. The maximum absolute atomic E-state index is 13.2. The van der Waals surface area contributed by atoms with Crippen LogP contribution < -0.4 is 4.74 Å². The number of amides is 1. The van der Waals surface area contributed by atoms with Crippen molar-refractivity contribution in [3.05, 3.63) is 72.8 Å². The summed E-state index contributed by atoms with van der Waals surface area (Å²) in [5, 5.41) is 2.17. The van der Waals surface area contributed by atoms with Gasteiger partial charge in [-0.05, 0) is 35.0 Å². The summed E-state index contributed by atoms with van der Waals surface area (Å²) in [6.07, 6.45) is 0.863. The zero-order valence-corrected chi connectivity index (χ0v) is 19.0. The number of ether oxygens (including phenoxy) is 2. The molecule has 3 aromatic carbocycles. The minimum Gasteiger partial charge on any atom is -0.484 e. The first kappa shape index (κ1) is 21.9. The highest BCUT2D eigenvalue weighted by Crippen LogP contribution is 2.38. The van der Waals surface area contributed by atoms with Crippen molar-refractivity contribution in [2.75, 3.05) is 32.8 Å². The summed E-state index contributed by atoms with van der Waals surface area (Å²) in [7, 11) is -3.67. The Balaban J connectivity index is 1.22. The molecule has 3 aromatic rings. The molecule has 0 atom stereocenters. The van der Waals surface area contributed by atoms with Gasteiger partial charge in [0, 0.05) is 32.5 Å². The lowest BCUT2D eigenvalue weighted by molar-refractivity contribution is -0.142. The van der Waals surface area contributed by atoms with Gasteiger partial charge in [0.15, 0.2) is 6.61 Å². The Morgan fingerprint density at radius 2 is 1.61 bits per heavy atom. The second kappa shape index (κ2) is 8.78. The van der Waals surface area contributed by atoms with Gasteiger partial charge in [-0.15, -0.1) is 0 Å². The Morgan fingerprint density at radius 1 is 0.909 bits per heavy atom. The van der Waals surface area contributed by atoms with E-state index in [4.69, 9.17) is 9.47 Å². The Morgan fingerprint density at radius 3 is 2.36 bits per heavy atom. The standard InChI is InChI=1S/C25H26N2O5S/c28-24(19-31-22-11-10-20-6-4-5-7-21(20)18-22)26-14-12-25(13-15-26)27(16-17-32-25)33(29,30)23-8-2-1-3-9-23/h1-11,18H,12-17,19H2. The van der Waals surface area contributed by atoms with Crippen molar-refractivity contribution >= 4 is 26.7 Å². The van der Waals surface area contributed by atoms with E-state index in [1.165, 1.54) is 4.31 Å². The number of hydrogen-bond donors (Lipinski definition) is 0. The van der Waals surface area contributed by atoms with E-state index in [0.29, 0.717) is 44.8 Å². The molecule has 2 saturated heterocycles. The summed E-state index contributed by atoms with van der Waals surface area (Å²) in [6.45, 7) is 1.45. The van der Waals surface area contributed by atoms with Gasteiger partial charge in [-0.3, -0.25) is 4.79 Å².